The molecule has 0 bridgehead atoms. The Kier molecular flexibility index (Phi) is 3.73. The van der Waals surface area contributed by atoms with Crippen molar-refractivity contribution >= 4 is 5.97 Å². The standard InChI is InChI=1S/C11H14O5/c1-6(12)3-7-4-8(11(14)15)9(13)5-10(7)16-2/h4-6,12-13H,3H2,1-2H3,(H,14,15). The number of rotatable bonds is 4. The molecule has 88 valence electrons. The van der Waals surface area contributed by atoms with E-state index < -0.39 is 12.1 Å². The van der Waals surface area contributed by atoms with Crippen LogP contribution < -0.4 is 4.74 Å². The molecule has 0 spiro atoms. The molecule has 0 saturated heterocycles. The summed E-state index contributed by atoms with van der Waals surface area (Å²) < 4.78 is 5.00. The van der Waals surface area contributed by atoms with Crippen molar-refractivity contribution in [3.63, 3.8) is 0 Å². The number of benzene rings is 1. The first-order valence-corrected chi connectivity index (χ1v) is 4.77. The lowest BCUT2D eigenvalue weighted by Gasteiger charge is -2.12. The van der Waals surface area contributed by atoms with Crippen molar-refractivity contribution in [2.45, 2.75) is 19.4 Å². The number of aromatic hydroxyl groups is 1. The van der Waals surface area contributed by atoms with Gasteiger partial charge in [-0.25, -0.2) is 4.79 Å². The average Bonchev–Trinajstić information content (AvgIpc) is 2.18. The molecule has 3 N–H and O–H groups in total. The SMILES string of the molecule is COc1cc(O)c(C(=O)O)cc1CC(C)O. The number of hydrogen-bond donors (Lipinski definition) is 3. The van der Waals surface area contributed by atoms with Crippen LogP contribution in [0, 0.1) is 0 Å². The van der Waals surface area contributed by atoms with Crippen molar-refractivity contribution in [1.29, 1.82) is 0 Å². The summed E-state index contributed by atoms with van der Waals surface area (Å²) in [6, 6.07) is 2.55. The average molecular weight is 226 g/mol. The molecule has 0 fully saturated rings. The highest BCUT2D eigenvalue weighted by atomic mass is 16.5. The van der Waals surface area contributed by atoms with E-state index in [-0.39, 0.29) is 17.7 Å². The maximum Gasteiger partial charge on any atom is 0.339 e. The number of hydrogen-bond acceptors (Lipinski definition) is 4. The second-order valence-electron chi connectivity index (χ2n) is 3.54. The van der Waals surface area contributed by atoms with E-state index in [4.69, 9.17) is 9.84 Å². The number of carboxylic acid groups (broad SMARTS) is 1. The van der Waals surface area contributed by atoms with Gasteiger partial charge < -0.3 is 20.1 Å². The van der Waals surface area contributed by atoms with Gasteiger partial charge in [0.05, 0.1) is 13.2 Å². The molecule has 0 radical (unpaired) electrons. The fraction of sp³-hybridized carbons (Fsp3) is 0.364. The van der Waals surface area contributed by atoms with Gasteiger partial charge >= 0.3 is 5.97 Å². The Morgan fingerprint density at radius 3 is 2.56 bits per heavy atom. The van der Waals surface area contributed by atoms with Gasteiger partial charge in [0.1, 0.15) is 17.1 Å². The quantitative estimate of drug-likeness (QED) is 0.713. The Bertz CT molecular complexity index is 398. The Balaban J connectivity index is 3.23. The van der Waals surface area contributed by atoms with Crippen molar-refractivity contribution in [2.75, 3.05) is 7.11 Å². The third kappa shape index (κ3) is 2.64. The second-order valence-corrected chi connectivity index (χ2v) is 3.54. The summed E-state index contributed by atoms with van der Waals surface area (Å²) in [5.74, 6) is -1.20. The maximum atomic E-state index is 10.8. The molecular weight excluding hydrogens is 212 g/mol. The Labute approximate surface area is 92.9 Å². The van der Waals surface area contributed by atoms with Crippen LogP contribution in [-0.2, 0) is 6.42 Å². The molecule has 0 heterocycles. The molecule has 0 saturated carbocycles. The van der Waals surface area contributed by atoms with Crippen molar-refractivity contribution in [2.24, 2.45) is 0 Å². The van der Waals surface area contributed by atoms with E-state index in [1.54, 1.807) is 6.92 Å². The van der Waals surface area contributed by atoms with Crippen LogP contribution in [0.25, 0.3) is 0 Å². The first-order valence-electron chi connectivity index (χ1n) is 4.77. The zero-order chi connectivity index (χ0) is 12.3. The van der Waals surface area contributed by atoms with Crippen LogP contribution in [0.4, 0.5) is 0 Å². The van der Waals surface area contributed by atoms with Crippen molar-refractivity contribution < 1.29 is 24.9 Å². The van der Waals surface area contributed by atoms with Gasteiger partial charge in [0.15, 0.2) is 0 Å². The number of methoxy groups -OCH3 is 1. The molecule has 0 amide bonds. The number of phenols is 1. The highest BCUT2D eigenvalue weighted by Crippen LogP contribution is 2.29. The summed E-state index contributed by atoms with van der Waals surface area (Å²) in [7, 11) is 1.42. The van der Waals surface area contributed by atoms with E-state index in [2.05, 4.69) is 0 Å². The predicted octanol–water partition coefficient (Wildman–Crippen LogP) is 1.02. The minimum Gasteiger partial charge on any atom is -0.507 e. The summed E-state index contributed by atoms with van der Waals surface area (Å²) in [6.07, 6.45) is -0.343. The Morgan fingerprint density at radius 2 is 2.12 bits per heavy atom. The minimum atomic E-state index is -1.22. The van der Waals surface area contributed by atoms with E-state index in [0.717, 1.165) is 0 Å². The largest absolute Gasteiger partial charge is 0.507 e. The van der Waals surface area contributed by atoms with Gasteiger partial charge in [-0.1, -0.05) is 0 Å². The first kappa shape index (κ1) is 12.3. The molecular formula is C11H14O5. The fourth-order valence-corrected chi connectivity index (χ4v) is 1.45. The predicted molar refractivity (Wildman–Crippen MR) is 57.0 cm³/mol. The van der Waals surface area contributed by atoms with E-state index in [9.17, 15) is 15.0 Å². The molecule has 1 unspecified atom stereocenters. The van der Waals surface area contributed by atoms with Crippen LogP contribution in [0.5, 0.6) is 11.5 Å². The molecule has 0 aliphatic carbocycles. The number of aliphatic hydroxyl groups excluding tert-OH is 1. The summed E-state index contributed by atoms with van der Waals surface area (Å²) in [5.41, 5.74) is 0.351. The summed E-state index contributed by atoms with van der Waals surface area (Å²) in [5, 5.41) is 27.5. The molecule has 5 nitrogen and oxygen atoms in total. The summed E-state index contributed by atoms with van der Waals surface area (Å²) in [6.45, 7) is 1.59. The van der Waals surface area contributed by atoms with Gasteiger partial charge in [0.2, 0.25) is 0 Å². The number of ether oxygens (including phenoxy) is 1. The number of carbonyl (C=O) groups is 1. The van der Waals surface area contributed by atoms with Crippen LogP contribution in [-0.4, -0.2) is 34.5 Å². The Hall–Kier alpha value is -1.75. The molecule has 0 aliphatic rings. The molecule has 0 aromatic heterocycles. The van der Waals surface area contributed by atoms with E-state index in [1.807, 2.05) is 0 Å². The lowest BCUT2D eigenvalue weighted by Crippen LogP contribution is -2.07. The molecule has 1 atom stereocenters. The monoisotopic (exact) mass is 226 g/mol. The zero-order valence-corrected chi connectivity index (χ0v) is 9.10. The highest BCUT2D eigenvalue weighted by molar-refractivity contribution is 5.91. The third-order valence-corrected chi connectivity index (χ3v) is 2.14. The Morgan fingerprint density at radius 1 is 1.50 bits per heavy atom. The molecule has 16 heavy (non-hydrogen) atoms. The number of aromatic carboxylic acids is 1. The number of aliphatic hydroxyl groups is 1. The van der Waals surface area contributed by atoms with Crippen molar-refractivity contribution in [1.82, 2.24) is 0 Å². The smallest absolute Gasteiger partial charge is 0.339 e. The van der Waals surface area contributed by atoms with Gasteiger partial charge in [-0.2, -0.15) is 0 Å². The zero-order valence-electron chi connectivity index (χ0n) is 9.10. The topological polar surface area (TPSA) is 87.0 Å². The fourth-order valence-electron chi connectivity index (χ4n) is 1.45. The van der Waals surface area contributed by atoms with E-state index in [1.165, 1.54) is 19.2 Å². The highest BCUT2D eigenvalue weighted by Gasteiger charge is 2.15. The lowest BCUT2D eigenvalue weighted by atomic mass is 10.0. The first-order chi connectivity index (χ1) is 7.45. The molecule has 0 aliphatic heterocycles. The maximum absolute atomic E-state index is 10.8. The van der Waals surface area contributed by atoms with Crippen LogP contribution in [0.3, 0.4) is 0 Å². The van der Waals surface area contributed by atoms with Crippen LogP contribution in [0.1, 0.15) is 22.8 Å². The number of carboxylic acids is 1. The van der Waals surface area contributed by atoms with Gasteiger partial charge in [-0.15, -0.1) is 0 Å². The van der Waals surface area contributed by atoms with Crippen molar-refractivity contribution in [3.8, 4) is 11.5 Å². The molecule has 5 heteroatoms. The molecule has 1 aromatic rings. The lowest BCUT2D eigenvalue weighted by molar-refractivity contribution is 0.0693. The summed E-state index contributed by atoms with van der Waals surface area (Å²) >= 11 is 0. The minimum absolute atomic E-state index is 0.198. The van der Waals surface area contributed by atoms with E-state index in [0.29, 0.717) is 11.3 Å². The van der Waals surface area contributed by atoms with Gasteiger partial charge in [0, 0.05) is 12.5 Å². The molecule has 1 aromatic carbocycles. The summed E-state index contributed by atoms with van der Waals surface area (Å²) in [4.78, 5) is 10.8. The normalized spacial score (nSPS) is 12.2. The van der Waals surface area contributed by atoms with Gasteiger partial charge in [0.25, 0.3) is 0 Å². The van der Waals surface area contributed by atoms with E-state index >= 15 is 0 Å². The van der Waals surface area contributed by atoms with Crippen molar-refractivity contribution in [3.05, 3.63) is 23.3 Å². The van der Waals surface area contributed by atoms with Crippen LogP contribution in [0.2, 0.25) is 0 Å². The van der Waals surface area contributed by atoms with Gasteiger partial charge in [-0.05, 0) is 18.6 Å². The van der Waals surface area contributed by atoms with Gasteiger partial charge in [-0.3, -0.25) is 0 Å². The second kappa shape index (κ2) is 4.85. The molecule has 1 rings (SSSR count). The van der Waals surface area contributed by atoms with Crippen LogP contribution >= 0.6 is 0 Å². The third-order valence-electron chi connectivity index (χ3n) is 2.14. The van der Waals surface area contributed by atoms with Crippen LogP contribution in [0.15, 0.2) is 12.1 Å².